The Bertz CT molecular complexity index is 409. The summed E-state index contributed by atoms with van der Waals surface area (Å²) in [7, 11) is 0. The van der Waals surface area contributed by atoms with Gasteiger partial charge in [0.2, 0.25) is 0 Å². The van der Waals surface area contributed by atoms with E-state index in [0.717, 1.165) is 36.5 Å². The molecule has 2 unspecified atom stereocenters. The second kappa shape index (κ2) is 5.67. The third-order valence-corrected chi connectivity index (χ3v) is 3.50. The number of morpholine rings is 1. The monoisotopic (exact) mass is 250 g/mol. The van der Waals surface area contributed by atoms with Crippen molar-refractivity contribution in [3.63, 3.8) is 0 Å². The van der Waals surface area contributed by atoms with Crippen LogP contribution in [0, 0.1) is 6.92 Å². The van der Waals surface area contributed by atoms with Gasteiger partial charge in [-0.3, -0.25) is 0 Å². The normalized spacial score (nSPS) is 24.3. The van der Waals surface area contributed by atoms with E-state index < -0.39 is 0 Å². The summed E-state index contributed by atoms with van der Waals surface area (Å²) in [6.07, 6.45) is 3.05. The van der Waals surface area contributed by atoms with Crippen LogP contribution in [0.1, 0.15) is 31.4 Å². The molecule has 4 nitrogen and oxygen atoms in total. The predicted octanol–water partition coefficient (Wildman–Crippen LogP) is 1.89. The minimum absolute atomic E-state index is 0.0465. The molecule has 1 aliphatic rings. The molecule has 100 valence electrons. The second-order valence-corrected chi connectivity index (χ2v) is 5.00. The third kappa shape index (κ3) is 2.65. The highest BCUT2D eigenvalue weighted by molar-refractivity contribution is 5.48. The van der Waals surface area contributed by atoms with Crippen LogP contribution in [0.2, 0.25) is 0 Å². The summed E-state index contributed by atoms with van der Waals surface area (Å²) in [5.74, 6) is 1.02. The van der Waals surface area contributed by atoms with E-state index in [0.29, 0.717) is 6.04 Å². The minimum atomic E-state index is 0.0465. The molecule has 0 radical (unpaired) electrons. The Balaban J connectivity index is 2.27. The van der Waals surface area contributed by atoms with Crippen molar-refractivity contribution in [3.8, 4) is 0 Å². The zero-order chi connectivity index (χ0) is 13.1. The molecular formula is C14H22N2O2. The summed E-state index contributed by atoms with van der Waals surface area (Å²) in [6, 6.07) is 2.40. The zero-order valence-electron chi connectivity index (χ0n) is 11.4. The molecule has 2 atom stereocenters. The molecule has 1 saturated heterocycles. The quantitative estimate of drug-likeness (QED) is 0.889. The predicted molar refractivity (Wildman–Crippen MR) is 71.7 cm³/mol. The first-order valence-electron chi connectivity index (χ1n) is 6.60. The smallest absolute Gasteiger partial charge is 0.131 e. The molecule has 1 N–H and O–H groups in total. The zero-order valence-corrected chi connectivity index (χ0v) is 11.4. The number of hydrogen-bond acceptors (Lipinski definition) is 4. The van der Waals surface area contributed by atoms with Gasteiger partial charge in [0.25, 0.3) is 0 Å². The molecule has 0 spiro atoms. The largest absolute Gasteiger partial charge is 0.392 e. The molecule has 2 heterocycles. The first-order valence-corrected chi connectivity index (χ1v) is 6.60. The number of rotatable bonds is 3. The summed E-state index contributed by atoms with van der Waals surface area (Å²) >= 11 is 0. The van der Waals surface area contributed by atoms with E-state index in [1.807, 2.05) is 13.0 Å². The number of hydrogen-bond donors (Lipinski definition) is 1. The van der Waals surface area contributed by atoms with Crippen molar-refractivity contribution >= 4 is 5.82 Å². The SMILES string of the molecule is CCC1COC(C)CN1c1ncc(CO)cc1C. The molecule has 1 aromatic heterocycles. The van der Waals surface area contributed by atoms with Gasteiger partial charge in [0, 0.05) is 12.7 Å². The number of pyridine rings is 1. The van der Waals surface area contributed by atoms with Gasteiger partial charge in [-0.15, -0.1) is 0 Å². The van der Waals surface area contributed by atoms with Crippen LogP contribution in [0.3, 0.4) is 0 Å². The highest BCUT2D eigenvalue weighted by atomic mass is 16.5. The standard InChI is InChI=1S/C14H22N2O2/c1-4-13-9-18-11(3)7-16(13)14-10(2)5-12(8-17)6-15-14/h5-6,11,13,17H,4,7-9H2,1-3H3. The second-order valence-electron chi connectivity index (χ2n) is 5.00. The number of aliphatic hydroxyl groups is 1. The van der Waals surface area contributed by atoms with Crippen LogP contribution >= 0.6 is 0 Å². The van der Waals surface area contributed by atoms with Gasteiger partial charge in [-0.25, -0.2) is 4.98 Å². The van der Waals surface area contributed by atoms with E-state index in [2.05, 4.69) is 23.7 Å². The van der Waals surface area contributed by atoms with Gasteiger partial charge in [0.05, 0.1) is 25.4 Å². The third-order valence-electron chi connectivity index (χ3n) is 3.50. The summed E-state index contributed by atoms with van der Waals surface area (Å²) in [5, 5.41) is 9.13. The molecule has 1 fully saturated rings. The Labute approximate surface area is 109 Å². The summed E-state index contributed by atoms with van der Waals surface area (Å²) in [5.41, 5.74) is 1.99. The van der Waals surface area contributed by atoms with Crippen molar-refractivity contribution < 1.29 is 9.84 Å². The van der Waals surface area contributed by atoms with Crippen molar-refractivity contribution in [2.75, 3.05) is 18.1 Å². The lowest BCUT2D eigenvalue weighted by atomic mass is 10.1. The highest BCUT2D eigenvalue weighted by Crippen LogP contribution is 2.25. The minimum Gasteiger partial charge on any atom is -0.392 e. The average molecular weight is 250 g/mol. The van der Waals surface area contributed by atoms with E-state index in [-0.39, 0.29) is 12.7 Å². The summed E-state index contributed by atoms with van der Waals surface area (Å²) in [6.45, 7) is 8.01. The van der Waals surface area contributed by atoms with Crippen molar-refractivity contribution in [1.29, 1.82) is 0 Å². The van der Waals surface area contributed by atoms with Gasteiger partial charge in [-0.1, -0.05) is 6.92 Å². The number of aliphatic hydroxyl groups excluding tert-OH is 1. The summed E-state index contributed by atoms with van der Waals surface area (Å²) < 4.78 is 5.71. The molecule has 4 heteroatoms. The van der Waals surface area contributed by atoms with Crippen molar-refractivity contribution in [3.05, 3.63) is 23.4 Å². The van der Waals surface area contributed by atoms with E-state index >= 15 is 0 Å². The maximum atomic E-state index is 9.13. The Morgan fingerprint density at radius 2 is 2.33 bits per heavy atom. The number of ether oxygens (including phenoxy) is 1. The van der Waals surface area contributed by atoms with Gasteiger partial charge in [-0.2, -0.15) is 0 Å². The number of aromatic nitrogens is 1. The molecular weight excluding hydrogens is 228 g/mol. The molecule has 2 rings (SSSR count). The molecule has 0 amide bonds. The van der Waals surface area contributed by atoms with Crippen molar-refractivity contribution in [2.45, 2.75) is 45.9 Å². The number of anilines is 1. The first-order chi connectivity index (χ1) is 8.65. The maximum absolute atomic E-state index is 9.13. The van der Waals surface area contributed by atoms with Crippen LogP contribution in [-0.2, 0) is 11.3 Å². The van der Waals surface area contributed by atoms with Crippen LogP contribution in [0.4, 0.5) is 5.82 Å². The van der Waals surface area contributed by atoms with Crippen LogP contribution < -0.4 is 4.90 Å². The van der Waals surface area contributed by atoms with Gasteiger partial charge < -0.3 is 14.7 Å². The first kappa shape index (κ1) is 13.3. The fourth-order valence-corrected chi connectivity index (χ4v) is 2.45. The fraction of sp³-hybridized carbons (Fsp3) is 0.643. The Kier molecular flexibility index (Phi) is 4.19. The Morgan fingerprint density at radius 1 is 1.56 bits per heavy atom. The van der Waals surface area contributed by atoms with E-state index in [1.165, 1.54) is 0 Å². The van der Waals surface area contributed by atoms with Crippen LogP contribution in [0.5, 0.6) is 0 Å². The molecule has 1 aromatic rings. The van der Waals surface area contributed by atoms with Crippen LogP contribution in [0.25, 0.3) is 0 Å². The highest BCUT2D eigenvalue weighted by Gasteiger charge is 2.27. The van der Waals surface area contributed by atoms with Crippen molar-refractivity contribution in [2.24, 2.45) is 0 Å². The topological polar surface area (TPSA) is 45.6 Å². The molecule has 1 aliphatic heterocycles. The lowest BCUT2D eigenvalue weighted by Gasteiger charge is -2.39. The number of nitrogens with zero attached hydrogens (tertiary/aromatic N) is 2. The van der Waals surface area contributed by atoms with Gasteiger partial charge in [-0.05, 0) is 37.5 Å². The fourth-order valence-electron chi connectivity index (χ4n) is 2.45. The molecule has 18 heavy (non-hydrogen) atoms. The number of aryl methyl sites for hydroxylation is 1. The van der Waals surface area contributed by atoms with Crippen LogP contribution in [-0.4, -0.2) is 35.4 Å². The van der Waals surface area contributed by atoms with E-state index in [1.54, 1.807) is 6.20 Å². The maximum Gasteiger partial charge on any atom is 0.131 e. The van der Waals surface area contributed by atoms with Gasteiger partial charge >= 0.3 is 0 Å². The lowest BCUT2D eigenvalue weighted by molar-refractivity contribution is 0.0295. The van der Waals surface area contributed by atoms with Gasteiger partial charge in [0.1, 0.15) is 5.82 Å². The molecule has 0 aromatic carbocycles. The van der Waals surface area contributed by atoms with Crippen molar-refractivity contribution in [1.82, 2.24) is 4.98 Å². The molecule has 0 aliphatic carbocycles. The Morgan fingerprint density at radius 3 is 2.94 bits per heavy atom. The Hall–Kier alpha value is -1.13. The average Bonchev–Trinajstić information content (AvgIpc) is 2.38. The van der Waals surface area contributed by atoms with Crippen LogP contribution in [0.15, 0.2) is 12.3 Å². The van der Waals surface area contributed by atoms with Gasteiger partial charge in [0.15, 0.2) is 0 Å². The molecule has 0 bridgehead atoms. The molecule has 0 saturated carbocycles. The summed E-state index contributed by atoms with van der Waals surface area (Å²) in [4.78, 5) is 6.85. The van der Waals surface area contributed by atoms with E-state index in [4.69, 9.17) is 9.84 Å². The van der Waals surface area contributed by atoms with E-state index in [9.17, 15) is 0 Å². The lowest BCUT2D eigenvalue weighted by Crippen LogP contribution is -2.49.